The number of rotatable bonds is 4. The van der Waals surface area contributed by atoms with Gasteiger partial charge in [-0.15, -0.1) is 0 Å². The van der Waals surface area contributed by atoms with Crippen molar-refractivity contribution in [2.45, 2.75) is 0 Å². The molecule has 2 rings (SSSR count). The van der Waals surface area contributed by atoms with E-state index in [-0.39, 0.29) is 11.8 Å². The second-order valence-corrected chi connectivity index (χ2v) is 4.37. The normalized spacial score (nSPS) is 10.9. The zero-order valence-electron chi connectivity index (χ0n) is 10.9. The van der Waals surface area contributed by atoms with E-state index in [1.165, 1.54) is 0 Å². The maximum Gasteiger partial charge on any atom is 0.189 e. The molecule has 0 aromatic heterocycles. The van der Waals surface area contributed by atoms with Crippen molar-refractivity contribution in [3.8, 4) is 0 Å². The fraction of sp³-hybridized carbons (Fsp3) is 0. The minimum absolute atomic E-state index is 0.0426. The van der Waals surface area contributed by atoms with Crippen molar-refractivity contribution in [1.82, 2.24) is 0 Å². The molecule has 0 saturated heterocycles. The van der Waals surface area contributed by atoms with Crippen molar-refractivity contribution in [3.63, 3.8) is 0 Å². The Morgan fingerprint density at radius 3 is 2.05 bits per heavy atom. The highest BCUT2D eigenvalue weighted by Gasteiger charge is 2.16. The molecule has 0 saturated carbocycles. The first-order valence-electron chi connectivity index (χ1n) is 6.03. The zero-order valence-corrected chi connectivity index (χ0v) is 10.9. The largest absolute Gasteiger partial charge is 0.298 e. The molecule has 0 aliphatic carbocycles. The molecule has 112 valence electrons. The number of ketones is 1. The third kappa shape index (κ3) is 3.46. The lowest BCUT2D eigenvalue weighted by molar-refractivity contribution is 0.103. The van der Waals surface area contributed by atoms with Gasteiger partial charge in [0.05, 0.1) is 5.56 Å². The Labute approximate surface area is 122 Å². The Balaban J connectivity index is 2.37. The lowest BCUT2D eigenvalue weighted by Gasteiger charge is -2.03. The van der Waals surface area contributed by atoms with E-state index in [2.05, 4.69) is 0 Å². The zero-order chi connectivity index (χ0) is 16.3. The standard InChI is InChI=1S/C16H8F4O2/c17-11-3-9(4-12(18)6-11)1-2-15(22)16-10(8-21)5-13(19)7-14(16)20/h1-8H. The Bertz CT molecular complexity index is 762. The number of allylic oxidation sites excluding steroid dienone is 1. The predicted octanol–water partition coefficient (Wildman–Crippen LogP) is 3.95. The van der Waals surface area contributed by atoms with Crippen LogP contribution < -0.4 is 0 Å². The van der Waals surface area contributed by atoms with Gasteiger partial charge in [-0.3, -0.25) is 9.59 Å². The van der Waals surface area contributed by atoms with Gasteiger partial charge in [-0.1, -0.05) is 6.08 Å². The molecule has 0 unspecified atom stereocenters. The van der Waals surface area contributed by atoms with Gasteiger partial charge in [0.15, 0.2) is 12.1 Å². The van der Waals surface area contributed by atoms with E-state index in [4.69, 9.17) is 0 Å². The van der Waals surface area contributed by atoms with Crippen LogP contribution in [0.4, 0.5) is 17.6 Å². The number of carbonyl (C=O) groups excluding carboxylic acids is 2. The molecule has 0 aliphatic heterocycles. The summed E-state index contributed by atoms with van der Waals surface area (Å²) in [5.74, 6) is -4.79. The molecule has 0 radical (unpaired) electrons. The predicted molar refractivity (Wildman–Crippen MR) is 71.5 cm³/mol. The second kappa shape index (κ2) is 6.34. The summed E-state index contributed by atoms with van der Waals surface area (Å²) in [6.45, 7) is 0. The fourth-order valence-electron chi connectivity index (χ4n) is 1.87. The molecule has 22 heavy (non-hydrogen) atoms. The highest BCUT2D eigenvalue weighted by molar-refractivity contribution is 6.11. The second-order valence-electron chi connectivity index (χ2n) is 4.37. The van der Waals surface area contributed by atoms with Gasteiger partial charge in [-0.25, -0.2) is 17.6 Å². The van der Waals surface area contributed by atoms with Crippen molar-refractivity contribution < 1.29 is 27.2 Å². The van der Waals surface area contributed by atoms with Gasteiger partial charge in [-0.05, 0) is 29.8 Å². The van der Waals surface area contributed by atoms with E-state index < -0.39 is 40.2 Å². The van der Waals surface area contributed by atoms with Crippen molar-refractivity contribution in [2.24, 2.45) is 0 Å². The summed E-state index contributed by atoms with van der Waals surface area (Å²) in [7, 11) is 0. The summed E-state index contributed by atoms with van der Waals surface area (Å²) in [5.41, 5.74) is -1.01. The number of hydrogen-bond acceptors (Lipinski definition) is 2. The van der Waals surface area contributed by atoms with Crippen LogP contribution in [0, 0.1) is 23.3 Å². The summed E-state index contributed by atoms with van der Waals surface area (Å²) < 4.78 is 52.6. The van der Waals surface area contributed by atoms with Crippen molar-refractivity contribution >= 4 is 18.1 Å². The highest BCUT2D eigenvalue weighted by atomic mass is 19.1. The van der Waals surface area contributed by atoms with Crippen LogP contribution in [-0.2, 0) is 0 Å². The van der Waals surface area contributed by atoms with Crippen molar-refractivity contribution in [2.75, 3.05) is 0 Å². The molecule has 2 aromatic rings. The Morgan fingerprint density at radius 1 is 0.864 bits per heavy atom. The topological polar surface area (TPSA) is 34.1 Å². The first kappa shape index (κ1) is 15.6. The number of aldehydes is 1. The molecule has 0 aliphatic rings. The third-order valence-corrected chi connectivity index (χ3v) is 2.77. The maximum atomic E-state index is 13.6. The van der Waals surface area contributed by atoms with E-state index in [1.54, 1.807) is 0 Å². The van der Waals surface area contributed by atoms with Crippen LogP contribution in [0.3, 0.4) is 0 Å². The van der Waals surface area contributed by atoms with E-state index in [0.717, 1.165) is 30.4 Å². The molecule has 0 spiro atoms. The van der Waals surface area contributed by atoms with Gasteiger partial charge in [0.25, 0.3) is 0 Å². The maximum absolute atomic E-state index is 13.6. The molecule has 0 atom stereocenters. The van der Waals surface area contributed by atoms with Crippen molar-refractivity contribution in [3.05, 3.63) is 76.4 Å². The van der Waals surface area contributed by atoms with Gasteiger partial charge in [0.2, 0.25) is 0 Å². The van der Waals surface area contributed by atoms with Crippen LogP contribution in [0.25, 0.3) is 6.08 Å². The molecule has 6 heteroatoms. The molecule has 0 bridgehead atoms. The average Bonchev–Trinajstić information content (AvgIpc) is 2.42. The first-order valence-corrected chi connectivity index (χ1v) is 6.03. The van der Waals surface area contributed by atoms with E-state index in [0.29, 0.717) is 12.1 Å². The molecule has 0 fully saturated rings. The van der Waals surface area contributed by atoms with E-state index in [1.807, 2.05) is 0 Å². The van der Waals surface area contributed by atoms with Crippen LogP contribution in [-0.4, -0.2) is 12.1 Å². The number of carbonyl (C=O) groups is 2. The molecule has 2 aromatic carbocycles. The molecular weight excluding hydrogens is 300 g/mol. The molecule has 2 nitrogen and oxygen atoms in total. The fourth-order valence-corrected chi connectivity index (χ4v) is 1.87. The first-order chi connectivity index (χ1) is 10.4. The molecule has 0 N–H and O–H groups in total. The van der Waals surface area contributed by atoms with Crippen LogP contribution in [0.15, 0.2) is 36.4 Å². The minimum atomic E-state index is -1.19. The van der Waals surface area contributed by atoms with Gasteiger partial charge in [-0.2, -0.15) is 0 Å². The molecule has 0 amide bonds. The summed E-state index contributed by atoms with van der Waals surface area (Å²) in [5, 5.41) is 0. The summed E-state index contributed by atoms with van der Waals surface area (Å²) in [4.78, 5) is 22.7. The SMILES string of the molecule is O=Cc1cc(F)cc(F)c1C(=O)C=Cc1cc(F)cc(F)c1. The molecule has 0 heterocycles. The Morgan fingerprint density at radius 2 is 1.45 bits per heavy atom. The Kier molecular flexibility index (Phi) is 4.50. The summed E-state index contributed by atoms with van der Waals surface area (Å²) >= 11 is 0. The number of halogens is 4. The van der Waals surface area contributed by atoms with Crippen LogP contribution >= 0.6 is 0 Å². The average molecular weight is 308 g/mol. The van der Waals surface area contributed by atoms with Gasteiger partial charge in [0.1, 0.15) is 23.3 Å². The number of benzene rings is 2. The number of hydrogen-bond donors (Lipinski definition) is 0. The summed E-state index contributed by atoms with van der Waals surface area (Å²) in [6.07, 6.45) is 2.05. The lowest BCUT2D eigenvalue weighted by atomic mass is 10.0. The highest BCUT2D eigenvalue weighted by Crippen LogP contribution is 2.17. The monoisotopic (exact) mass is 308 g/mol. The van der Waals surface area contributed by atoms with E-state index >= 15 is 0 Å². The van der Waals surface area contributed by atoms with Crippen LogP contribution in [0.1, 0.15) is 26.3 Å². The third-order valence-electron chi connectivity index (χ3n) is 2.77. The van der Waals surface area contributed by atoms with Gasteiger partial charge in [0, 0.05) is 17.7 Å². The minimum Gasteiger partial charge on any atom is -0.298 e. The lowest BCUT2D eigenvalue weighted by Crippen LogP contribution is -2.05. The van der Waals surface area contributed by atoms with Gasteiger partial charge >= 0.3 is 0 Å². The smallest absolute Gasteiger partial charge is 0.189 e. The van der Waals surface area contributed by atoms with Gasteiger partial charge < -0.3 is 0 Å². The van der Waals surface area contributed by atoms with Crippen LogP contribution in [0.5, 0.6) is 0 Å². The van der Waals surface area contributed by atoms with E-state index in [9.17, 15) is 27.2 Å². The molecular formula is C16H8F4O2. The Hall–Kier alpha value is -2.76. The summed E-state index contributed by atoms with van der Waals surface area (Å²) in [6, 6.07) is 3.78. The van der Waals surface area contributed by atoms with Crippen LogP contribution in [0.2, 0.25) is 0 Å². The van der Waals surface area contributed by atoms with Crippen molar-refractivity contribution in [1.29, 1.82) is 0 Å². The quantitative estimate of drug-likeness (QED) is 0.371.